The monoisotopic (exact) mass is 357 g/mol. The largest absolute Gasteiger partial charge is 0.329 e. The van der Waals surface area contributed by atoms with Crippen LogP contribution in [0.15, 0.2) is 23.1 Å². The predicted octanol–water partition coefficient (Wildman–Crippen LogP) is 2.47. The third-order valence-corrected chi connectivity index (χ3v) is 5.95. The number of aryl methyl sites for hydroxylation is 1. The molecule has 2 rings (SSSR count). The summed E-state index contributed by atoms with van der Waals surface area (Å²) < 4.78 is 28.0. The van der Waals surface area contributed by atoms with Crippen LogP contribution in [0.2, 0.25) is 0 Å². The summed E-state index contributed by atoms with van der Waals surface area (Å²) in [4.78, 5) is 0.0456. The van der Waals surface area contributed by atoms with Crippen molar-refractivity contribution < 1.29 is 8.42 Å². The van der Waals surface area contributed by atoms with Crippen LogP contribution in [0.4, 0.5) is 0 Å². The number of rotatable bonds is 5. The Balaban J connectivity index is 0.00000264. The summed E-state index contributed by atoms with van der Waals surface area (Å²) in [5, 5.41) is 9.24. The first-order valence-electron chi connectivity index (χ1n) is 7.71. The van der Waals surface area contributed by atoms with Gasteiger partial charge in [-0.2, -0.15) is 5.26 Å². The predicted molar refractivity (Wildman–Crippen MR) is 92.9 cm³/mol. The molecule has 1 atom stereocenters. The van der Waals surface area contributed by atoms with E-state index in [1.54, 1.807) is 19.1 Å². The van der Waals surface area contributed by atoms with E-state index >= 15 is 0 Å². The lowest BCUT2D eigenvalue weighted by Crippen LogP contribution is -2.46. The number of nitrogens with one attached hydrogen (secondary N) is 1. The van der Waals surface area contributed by atoms with Gasteiger partial charge < -0.3 is 5.73 Å². The summed E-state index contributed by atoms with van der Waals surface area (Å²) >= 11 is 0. The molecule has 0 spiro atoms. The molecule has 7 heteroatoms. The van der Waals surface area contributed by atoms with Crippen LogP contribution >= 0.6 is 12.4 Å². The second-order valence-corrected chi connectivity index (χ2v) is 7.60. The van der Waals surface area contributed by atoms with Crippen LogP contribution in [0.5, 0.6) is 0 Å². The molecule has 0 bridgehead atoms. The van der Waals surface area contributed by atoms with Gasteiger partial charge in [0.2, 0.25) is 10.0 Å². The van der Waals surface area contributed by atoms with Crippen LogP contribution in [0.1, 0.15) is 43.2 Å². The van der Waals surface area contributed by atoms with Gasteiger partial charge in [-0.15, -0.1) is 12.4 Å². The van der Waals surface area contributed by atoms with Gasteiger partial charge in [0, 0.05) is 12.6 Å². The van der Waals surface area contributed by atoms with Crippen LogP contribution in [0.25, 0.3) is 0 Å². The minimum atomic E-state index is -3.74. The summed E-state index contributed by atoms with van der Waals surface area (Å²) in [6.07, 6.45) is 5.46. The lowest BCUT2D eigenvalue weighted by molar-refractivity contribution is 0.294. The normalized spacial score (nSPS) is 17.1. The van der Waals surface area contributed by atoms with Gasteiger partial charge in [0.1, 0.15) is 11.0 Å². The summed E-state index contributed by atoms with van der Waals surface area (Å²) in [6, 6.07) is 6.59. The van der Waals surface area contributed by atoms with Gasteiger partial charge in [0.15, 0.2) is 0 Å². The molecule has 3 N–H and O–H groups in total. The molecule has 1 aromatic rings. The maximum atomic E-state index is 12.7. The smallest absolute Gasteiger partial charge is 0.242 e. The number of hydrogen-bond donors (Lipinski definition) is 2. The maximum Gasteiger partial charge on any atom is 0.242 e. The standard InChI is InChI=1S/C16H23N3O2S.ClH/c1-12-6-5-9-16(14(12)10-17)22(20,21)19-15(11-18)13-7-3-2-4-8-13;/h5-6,9,13,15,19H,2-4,7-8,11,18H2,1H3;1H. The van der Waals surface area contributed by atoms with Crippen molar-refractivity contribution in [3.63, 3.8) is 0 Å². The van der Waals surface area contributed by atoms with Crippen molar-refractivity contribution >= 4 is 22.4 Å². The molecule has 1 unspecified atom stereocenters. The Labute approximate surface area is 144 Å². The first-order valence-corrected chi connectivity index (χ1v) is 9.20. The average molecular weight is 358 g/mol. The molecule has 0 amide bonds. The molecule has 0 saturated heterocycles. The van der Waals surface area contributed by atoms with Gasteiger partial charge >= 0.3 is 0 Å². The highest BCUT2D eigenvalue weighted by molar-refractivity contribution is 7.89. The topological polar surface area (TPSA) is 96.0 Å². The highest BCUT2D eigenvalue weighted by Gasteiger charge is 2.28. The van der Waals surface area contributed by atoms with Crippen LogP contribution < -0.4 is 10.5 Å². The highest BCUT2D eigenvalue weighted by atomic mass is 35.5. The van der Waals surface area contributed by atoms with Crippen LogP contribution in [0.3, 0.4) is 0 Å². The SMILES string of the molecule is Cc1cccc(S(=O)(=O)NC(CN)C2CCCCC2)c1C#N.Cl. The average Bonchev–Trinajstić information content (AvgIpc) is 2.53. The number of halogens is 1. The molecule has 128 valence electrons. The van der Waals surface area contributed by atoms with E-state index in [9.17, 15) is 13.7 Å². The number of nitrogens with two attached hydrogens (primary N) is 1. The van der Waals surface area contributed by atoms with Crippen molar-refractivity contribution in [2.75, 3.05) is 6.54 Å². The molecular weight excluding hydrogens is 334 g/mol. The number of nitriles is 1. The van der Waals surface area contributed by atoms with E-state index in [1.165, 1.54) is 12.5 Å². The van der Waals surface area contributed by atoms with Crippen LogP contribution in [0, 0.1) is 24.2 Å². The summed E-state index contributed by atoms with van der Waals surface area (Å²) in [7, 11) is -3.74. The fourth-order valence-electron chi connectivity index (χ4n) is 3.14. The fourth-order valence-corrected chi connectivity index (χ4v) is 4.69. The number of sulfonamides is 1. The van der Waals surface area contributed by atoms with E-state index in [0.717, 1.165) is 25.7 Å². The Bertz CT molecular complexity index is 664. The minimum Gasteiger partial charge on any atom is -0.329 e. The van der Waals surface area contributed by atoms with Crippen molar-refractivity contribution in [3.05, 3.63) is 29.3 Å². The van der Waals surface area contributed by atoms with Crippen molar-refractivity contribution in [1.82, 2.24) is 4.72 Å². The maximum absolute atomic E-state index is 12.7. The highest BCUT2D eigenvalue weighted by Crippen LogP contribution is 2.27. The molecule has 1 fully saturated rings. The zero-order valence-corrected chi connectivity index (χ0v) is 14.9. The van der Waals surface area contributed by atoms with Gasteiger partial charge in [-0.25, -0.2) is 13.1 Å². The van der Waals surface area contributed by atoms with Gasteiger partial charge in [0.05, 0.1) is 5.56 Å². The molecular formula is C16H24ClN3O2S. The van der Waals surface area contributed by atoms with Crippen molar-refractivity contribution in [3.8, 4) is 6.07 Å². The lowest BCUT2D eigenvalue weighted by atomic mass is 9.84. The van der Waals surface area contributed by atoms with Crippen LogP contribution in [-0.4, -0.2) is 21.0 Å². The van der Waals surface area contributed by atoms with Gasteiger partial charge in [0.25, 0.3) is 0 Å². The van der Waals surface area contributed by atoms with Gasteiger partial charge in [-0.05, 0) is 37.3 Å². The number of benzene rings is 1. The first kappa shape index (κ1) is 19.9. The number of hydrogen-bond acceptors (Lipinski definition) is 4. The Morgan fingerprint density at radius 1 is 1.35 bits per heavy atom. The molecule has 0 radical (unpaired) electrons. The molecule has 0 heterocycles. The Morgan fingerprint density at radius 2 is 2.00 bits per heavy atom. The quantitative estimate of drug-likeness (QED) is 0.846. The second-order valence-electron chi connectivity index (χ2n) is 5.92. The molecule has 23 heavy (non-hydrogen) atoms. The lowest BCUT2D eigenvalue weighted by Gasteiger charge is -2.30. The zero-order valence-electron chi connectivity index (χ0n) is 13.3. The van der Waals surface area contributed by atoms with E-state index in [-0.39, 0.29) is 41.4 Å². The van der Waals surface area contributed by atoms with E-state index < -0.39 is 10.0 Å². The summed E-state index contributed by atoms with van der Waals surface area (Å²) in [5.74, 6) is 0.281. The van der Waals surface area contributed by atoms with E-state index in [4.69, 9.17) is 5.73 Å². The number of nitrogens with zero attached hydrogens (tertiary/aromatic N) is 1. The van der Waals surface area contributed by atoms with E-state index in [2.05, 4.69) is 4.72 Å². The fraction of sp³-hybridized carbons (Fsp3) is 0.562. The third kappa shape index (κ3) is 4.67. The van der Waals surface area contributed by atoms with E-state index in [0.29, 0.717) is 5.56 Å². The molecule has 1 aliphatic carbocycles. The Morgan fingerprint density at radius 3 is 2.57 bits per heavy atom. The van der Waals surface area contributed by atoms with E-state index in [1.807, 2.05) is 6.07 Å². The zero-order chi connectivity index (χ0) is 16.2. The second kappa shape index (κ2) is 8.65. The molecule has 1 aromatic carbocycles. The molecule has 0 aliphatic heterocycles. The van der Waals surface area contributed by atoms with Crippen molar-refractivity contribution in [2.24, 2.45) is 11.7 Å². The minimum absolute atomic E-state index is 0. The molecule has 1 aliphatic rings. The summed E-state index contributed by atoms with van der Waals surface area (Å²) in [6.45, 7) is 2.01. The van der Waals surface area contributed by atoms with Crippen molar-refractivity contribution in [2.45, 2.75) is 50.0 Å². The van der Waals surface area contributed by atoms with Gasteiger partial charge in [-0.1, -0.05) is 31.4 Å². The first-order chi connectivity index (χ1) is 10.5. The third-order valence-electron chi connectivity index (χ3n) is 4.42. The van der Waals surface area contributed by atoms with Gasteiger partial charge in [-0.3, -0.25) is 0 Å². The Kier molecular flexibility index (Phi) is 7.49. The molecule has 0 aromatic heterocycles. The Hall–Kier alpha value is -1.13. The van der Waals surface area contributed by atoms with Crippen LogP contribution in [-0.2, 0) is 10.0 Å². The molecule has 1 saturated carbocycles. The molecule has 5 nitrogen and oxygen atoms in total. The van der Waals surface area contributed by atoms with Crippen molar-refractivity contribution in [1.29, 1.82) is 5.26 Å². The summed E-state index contributed by atoms with van der Waals surface area (Å²) in [5.41, 5.74) is 6.66.